The van der Waals surface area contributed by atoms with Crippen LogP contribution in [0.1, 0.15) is 26.2 Å². The van der Waals surface area contributed by atoms with Crippen molar-refractivity contribution in [2.24, 2.45) is 5.84 Å². The van der Waals surface area contributed by atoms with Gasteiger partial charge in [0.15, 0.2) is 0 Å². The number of rotatable bonds is 5. The maximum Gasteiger partial charge on any atom is 0.239 e. The average molecular weight is 250 g/mol. The van der Waals surface area contributed by atoms with Crippen LogP contribution in [-0.4, -0.2) is 40.5 Å². The van der Waals surface area contributed by atoms with Gasteiger partial charge in [-0.05, 0) is 31.9 Å². The van der Waals surface area contributed by atoms with E-state index in [0.717, 1.165) is 18.7 Å². The smallest absolute Gasteiger partial charge is 0.239 e. The van der Waals surface area contributed by atoms with Crippen molar-refractivity contribution in [1.82, 2.24) is 14.9 Å². The van der Waals surface area contributed by atoms with Crippen molar-refractivity contribution in [2.75, 3.05) is 30.4 Å². The second kappa shape index (κ2) is 6.51. The zero-order chi connectivity index (χ0) is 12.8. The molecule has 18 heavy (non-hydrogen) atoms. The third-order valence-electron chi connectivity index (χ3n) is 3.26. The third kappa shape index (κ3) is 3.54. The summed E-state index contributed by atoms with van der Waals surface area (Å²) < 4.78 is 0. The van der Waals surface area contributed by atoms with Crippen molar-refractivity contribution in [2.45, 2.75) is 32.2 Å². The molecular formula is C12H22N6. The maximum atomic E-state index is 5.29. The molecule has 0 bridgehead atoms. The molecule has 6 heteroatoms. The molecule has 4 N–H and O–H groups in total. The van der Waals surface area contributed by atoms with Gasteiger partial charge < -0.3 is 10.2 Å². The molecule has 0 atom stereocenters. The normalized spacial score (nSPS) is 17.7. The third-order valence-corrected chi connectivity index (χ3v) is 3.26. The first kappa shape index (κ1) is 13.0. The molecule has 2 rings (SSSR count). The predicted molar refractivity (Wildman–Crippen MR) is 73.2 cm³/mol. The first-order valence-corrected chi connectivity index (χ1v) is 6.60. The summed E-state index contributed by atoms with van der Waals surface area (Å²) in [5, 5.41) is 3.44. The Morgan fingerprint density at radius 2 is 2.22 bits per heavy atom. The quantitative estimate of drug-likeness (QED) is 0.535. The van der Waals surface area contributed by atoms with Crippen LogP contribution < -0.4 is 16.6 Å². The summed E-state index contributed by atoms with van der Waals surface area (Å²) in [6, 6.07) is 2.37. The molecule has 0 aliphatic carbocycles. The number of nitrogen functional groups attached to an aromatic ring is 1. The van der Waals surface area contributed by atoms with E-state index in [-0.39, 0.29) is 0 Å². The van der Waals surface area contributed by atoms with E-state index in [9.17, 15) is 0 Å². The Kier molecular flexibility index (Phi) is 4.72. The second-order valence-electron chi connectivity index (χ2n) is 4.67. The molecule has 6 nitrogen and oxygen atoms in total. The number of nitrogens with two attached hydrogens (primary N) is 1. The fourth-order valence-electron chi connectivity index (χ4n) is 2.33. The molecule has 1 saturated heterocycles. The molecule has 1 aromatic rings. The van der Waals surface area contributed by atoms with Crippen molar-refractivity contribution in [3.63, 3.8) is 0 Å². The second-order valence-corrected chi connectivity index (χ2v) is 4.67. The van der Waals surface area contributed by atoms with E-state index in [1.54, 1.807) is 6.20 Å². The molecule has 0 spiro atoms. The molecular weight excluding hydrogens is 228 g/mol. The number of nitrogens with zero attached hydrogens (tertiary/aromatic N) is 3. The van der Waals surface area contributed by atoms with Gasteiger partial charge in [-0.25, -0.2) is 10.8 Å². The van der Waals surface area contributed by atoms with Crippen LogP contribution >= 0.6 is 0 Å². The van der Waals surface area contributed by atoms with Crippen LogP contribution in [0.4, 0.5) is 11.8 Å². The highest BCUT2D eigenvalue weighted by Crippen LogP contribution is 2.15. The summed E-state index contributed by atoms with van der Waals surface area (Å²) in [5.41, 5.74) is 2.46. The average Bonchev–Trinajstić information content (AvgIpc) is 2.42. The molecule has 1 aliphatic heterocycles. The number of hydrazine groups is 1. The van der Waals surface area contributed by atoms with Crippen LogP contribution in [-0.2, 0) is 0 Å². The maximum absolute atomic E-state index is 5.29. The van der Waals surface area contributed by atoms with Crippen LogP contribution in [0.15, 0.2) is 12.3 Å². The molecule has 1 aromatic heterocycles. The Balaban J connectivity index is 1.83. The van der Waals surface area contributed by atoms with Gasteiger partial charge in [-0.3, -0.25) is 5.43 Å². The van der Waals surface area contributed by atoms with Crippen molar-refractivity contribution in [3.05, 3.63) is 12.3 Å². The van der Waals surface area contributed by atoms with Crippen LogP contribution in [0.25, 0.3) is 0 Å². The molecule has 0 aromatic carbocycles. The van der Waals surface area contributed by atoms with E-state index >= 15 is 0 Å². The number of piperidine rings is 1. The lowest BCUT2D eigenvalue weighted by molar-refractivity contribution is 0.219. The van der Waals surface area contributed by atoms with Gasteiger partial charge in [0.2, 0.25) is 5.95 Å². The van der Waals surface area contributed by atoms with E-state index in [1.807, 2.05) is 6.07 Å². The Hall–Kier alpha value is -1.40. The fourth-order valence-corrected chi connectivity index (χ4v) is 2.33. The lowest BCUT2D eigenvalue weighted by Gasteiger charge is -2.32. The summed E-state index contributed by atoms with van der Waals surface area (Å²) in [6.07, 6.45) is 5.26. The van der Waals surface area contributed by atoms with Crippen molar-refractivity contribution < 1.29 is 0 Å². The van der Waals surface area contributed by atoms with E-state index in [4.69, 9.17) is 5.84 Å². The fraction of sp³-hybridized carbons (Fsp3) is 0.667. The number of nitrogens with one attached hydrogen (secondary N) is 2. The Morgan fingerprint density at radius 3 is 2.89 bits per heavy atom. The minimum Gasteiger partial charge on any atom is -0.367 e. The molecule has 2 heterocycles. The highest BCUT2D eigenvalue weighted by Gasteiger charge is 2.18. The summed E-state index contributed by atoms with van der Waals surface area (Å²) in [4.78, 5) is 10.8. The zero-order valence-corrected chi connectivity index (χ0v) is 10.9. The van der Waals surface area contributed by atoms with E-state index in [2.05, 4.69) is 32.5 Å². The highest BCUT2D eigenvalue weighted by atomic mass is 15.3. The minimum atomic E-state index is 0.448. The highest BCUT2D eigenvalue weighted by molar-refractivity contribution is 5.39. The van der Waals surface area contributed by atoms with E-state index in [0.29, 0.717) is 12.0 Å². The Bertz CT molecular complexity index is 361. The Morgan fingerprint density at radius 1 is 1.44 bits per heavy atom. The van der Waals surface area contributed by atoms with Gasteiger partial charge in [0.1, 0.15) is 5.82 Å². The van der Waals surface area contributed by atoms with Crippen LogP contribution in [0.2, 0.25) is 0 Å². The number of aromatic nitrogens is 2. The van der Waals surface area contributed by atoms with Crippen molar-refractivity contribution >= 4 is 11.8 Å². The van der Waals surface area contributed by atoms with E-state index in [1.165, 1.54) is 26.1 Å². The van der Waals surface area contributed by atoms with Gasteiger partial charge >= 0.3 is 0 Å². The molecule has 0 unspecified atom stereocenters. The molecule has 0 saturated carbocycles. The summed E-state index contributed by atoms with van der Waals surface area (Å²) >= 11 is 0. The van der Waals surface area contributed by atoms with Gasteiger partial charge in [0.05, 0.1) is 0 Å². The first-order chi connectivity index (χ1) is 8.81. The van der Waals surface area contributed by atoms with Crippen molar-refractivity contribution in [1.29, 1.82) is 0 Å². The van der Waals surface area contributed by atoms with Gasteiger partial charge in [-0.2, -0.15) is 4.98 Å². The molecule has 1 fully saturated rings. The SMILES string of the molecule is CCCN1CCC(Nc2ccnc(NN)n2)CC1. The number of hydrogen-bond donors (Lipinski definition) is 3. The van der Waals surface area contributed by atoms with Gasteiger partial charge in [0.25, 0.3) is 0 Å². The minimum absolute atomic E-state index is 0.448. The first-order valence-electron chi connectivity index (χ1n) is 6.60. The van der Waals surface area contributed by atoms with Gasteiger partial charge in [-0.1, -0.05) is 6.92 Å². The van der Waals surface area contributed by atoms with Crippen molar-refractivity contribution in [3.8, 4) is 0 Å². The monoisotopic (exact) mass is 250 g/mol. The standard InChI is InChI=1S/C12H22N6/c1-2-7-18-8-4-10(5-9-18)15-11-3-6-14-12(16-11)17-13/h3,6,10H,2,4-5,7-9,13H2,1H3,(H2,14,15,16,17). The van der Waals surface area contributed by atoms with Gasteiger partial charge in [0, 0.05) is 25.3 Å². The summed E-state index contributed by atoms with van der Waals surface area (Å²) in [5.74, 6) is 6.58. The number of likely N-dealkylation sites (tertiary alicyclic amines) is 1. The largest absolute Gasteiger partial charge is 0.367 e. The summed E-state index contributed by atoms with van der Waals surface area (Å²) in [6.45, 7) is 5.77. The van der Waals surface area contributed by atoms with E-state index < -0.39 is 0 Å². The lowest BCUT2D eigenvalue weighted by Crippen LogP contribution is -2.39. The molecule has 0 radical (unpaired) electrons. The van der Waals surface area contributed by atoms with Gasteiger partial charge in [-0.15, -0.1) is 0 Å². The molecule has 0 amide bonds. The number of hydrogen-bond acceptors (Lipinski definition) is 6. The molecule has 100 valence electrons. The summed E-state index contributed by atoms with van der Waals surface area (Å²) in [7, 11) is 0. The lowest BCUT2D eigenvalue weighted by atomic mass is 10.0. The number of anilines is 2. The van der Waals surface area contributed by atoms with Crippen LogP contribution in [0.5, 0.6) is 0 Å². The zero-order valence-electron chi connectivity index (χ0n) is 10.9. The topological polar surface area (TPSA) is 79.1 Å². The Labute approximate surface area is 108 Å². The molecule has 1 aliphatic rings. The predicted octanol–water partition coefficient (Wildman–Crippen LogP) is 1.05. The van der Waals surface area contributed by atoms with Crippen LogP contribution in [0, 0.1) is 0 Å². The van der Waals surface area contributed by atoms with Crippen LogP contribution in [0.3, 0.4) is 0 Å².